The normalized spacial score (nSPS) is 12.2. The van der Waals surface area contributed by atoms with Gasteiger partial charge in [-0.1, -0.05) is 44.7 Å². The van der Waals surface area contributed by atoms with Gasteiger partial charge in [0.2, 0.25) is 5.88 Å². The van der Waals surface area contributed by atoms with E-state index in [0.29, 0.717) is 18.4 Å². The second-order valence-electron chi connectivity index (χ2n) is 4.54. The predicted molar refractivity (Wildman–Crippen MR) is 75.0 cm³/mol. The fraction of sp³-hybridized carbons (Fsp3) is 0.571. The van der Waals surface area contributed by atoms with Crippen LogP contribution in [0.15, 0.2) is 12.3 Å². The van der Waals surface area contributed by atoms with E-state index in [1.54, 1.807) is 0 Å². The van der Waals surface area contributed by atoms with E-state index < -0.39 is 5.97 Å². The highest BCUT2D eigenvalue weighted by Gasteiger charge is 2.12. The number of halogens is 1. The Labute approximate surface area is 118 Å². The van der Waals surface area contributed by atoms with Crippen LogP contribution < -0.4 is 4.74 Å². The molecule has 1 atom stereocenters. The van der Waals surface area contributed by atoms with Gasteiger partial charge in [-0.2, -0.15) is 0 Å². The zero-order valence-corrected chi connectivity index (χ0v) is 12.1. The molecule has 1 aromatic rings. The first kappa shape index (κ1) is 15.8. The average Bonchev–Trinajstić information content (AvgIpc) is 2.40. The Morgan fingerprint density at radius 1 is 1.53 bits per heavy atom. The molecule has 1 N–H and O–H groups in total. The minimum Gasteiger partial charge on any atom is -0.478 e. The number of pyridine rings is 1. The molecule has 0 fully saturated rings. The van der Waals surface area contributed by atoms with Gasteiger partial charge in [0.1, 0.15) is 5.02 Å². The molecule has 4 nitrogen and oxygen atoms in total. The molecule has 0 bridgehead atoms. The Balaban J connectivity index is 2.59. The number of aromatic carboxylic acids is 1. The second kappa shape index (κ2) is 8.00. The van der Waals surface area contributed by atoms with Gasteiger partial charge in [-0.15, -0.1) is 0 Å². The van der Waals surface area contributed by atoms with Gasteiger partial charge in [-0.25, -0.2) is 9.78 Å². The van der Waals surface area contributed by atoms with Gasteiger partial charge >= 0.3 is 5.97 Å². The summed E-state index contributed by atoms with van der Waals surface area (Å²) in [6.45, 7) is 4.86. The van der Waals surface area contributed by atoms with E-state index >= 15 is 0 Å². The maximum absolute atomic E-state index is 10.8. The summed E-state index contributed by atoms with van der Waals surface area (Å²) in [6, 6.07) is 1.36. The topological polar surface area (TPSA) is 59.4 Å². The molecule has 0 aliphatic carbocycles. The van der Waals surface area contributed by atoms with E-state index in [4.69, 9.17) is 21.4 Å². The van der Waals surface area contributed by atoms with Crippen molar-refractivity contribution in [3.8, 4) is 5.88 Å². The second-order valence-corrected chi connectivity index (χ2v) is 4.95. The van der Waals surface area contributed by atoms with E-state index in [9.17, 15) is 4.79 Å². The molecule has 0 aliphatic heterocycles. The number of carbonyl (C=O) groups is 1. The van der Waals surface area contributed by atoms with Crippen LogP contribution in [0.4, 0.5) is 0 Å². The lowest BCUT2D eigenvalue weighted by Crippen LogP contribution is -2.12. The number of nitrogens with zero attached hydrogens (tertiary/aromatic N) is 1. The van der Waals surface area contributed by atoms with Crippen molar-refractivity contribution in [1.29, 1.82) is 0 Å². The molecule has 106 valence electrons. The van der Waals surface area contributed by atoms with Gasteiger partial charge in [-0.3, -0.25) is 0 Å². The van der Waals surface area contributed by atoms with Crippen molar-refractivity contribution in [3.63, 3.8) is 0 Å². The van der Waals surface area contributed by atoms with Crippen molar-refractivity contribution in [2.24, 2.45) is 5.92 Å². The van der Waals surface area contributed by atoms with Gasteiger partial charge in [0.15, 0.2) is 0 Å². The number of hydrogen-bond acceptors (Lipinski definition) is 3. The molecule has 5 heteroatoms. The van der Waals surface area contributed by atoms with Crippen LogP contribution in [-0.4, -0.2) is 22.7 Å². The van der Waals surface area contributed by atoms with E-state index in [0.717, 1.165) is 12.8 Å². The molecule has 0 radical (unpaired) electrons. The molecule has 0 amide bonds. The largest absolute Gasteiger partial charge is 0.478 e. The van der Waals surface area contributed by atoms with E-state index in [2.05, 4.69) is 18.8 Å². The zero-order chi connectivity index (χ0) is 14.3. The molecule has 0 saturated heterocycles. The van der Waals surface area contributed by atoms with Crippen molar-refractivity contribution in [2.45, 2.75) is 39.5 Å². The minimum absolute atomic E-state index is 0.0652. The summed E-state index contributed by atoms with van der Waals surface area (Å²) < 4.78 is 5.59. The first-order valence-electron chi connectivity index (χ1n) is 6.60. The molecule has 1 heterocycles. The summed E-state index contributed by atoms with van der Waals surface area (Å²) in [7, 11) is 0. The standard InChI is InChI=1S/C14H20ClNO3/c1-3-5-6-10(4-2)9-19-13-12(15)7-11(8-16-13)14(17)18/h7-8,10H,3-6,9H2,1-2H3,(H,17,18). The average molecular weight is 286 g/mol. The number of aromatic nitrogens is 1. The first-order valence-corrected chi connectivity index (χ1v) is 6.97. The zero-order valence-electron chi connectivity index (χ0n) is 11.4. The number of hydrogen-bond donors (Lipinski definition) is 1. The van der Waals surface area contributed by atoms with Crippen LogP contribution in [0.3, 0.4) is 0 Å². The fourth-order valence-corrected chi connectivity index (χ4v) is 1.96. The Bertz CT molecular complexity index is 423. The molecule has 0 saturated carbocycles. The van der Waals surface area contributed by atoms with Gasteiger partial charge < -0.3 is 9.84 Å². The van der Waals surface area contributed by atoms with Crippen LogP contribution in [-0.2, 0) is 0 Å². The van der Waals surface area contributed by atoms with Gasteiger partial charge in [0.25, 0.3) is 0 Å². The highest BCUT2D eigenvalue weighted by atomic mass is 35.5. The minimum atomic E-state index is -1.05. The van der Waals surface area contributed by atoms with Crippen LogP contribution >= 0.6 is 11.6 Å². The molecular formula is C14H20ClNO3. The summed E-state index contributed by atoms with van der Waals surface area (Å²) in [4.78, 5) is 14.7. The number of unbranched alkanes of at least 4 members (excludes halogenated alkanes) is 1. The molecule has 0 aliphatic rings. The quantitative estimate of drug-likeness (QED) is 0.783. The molecule has 1 unspecified atom stereocenters. The van der Waals surface area contributed by atoms with E-state index in [1.807, 2.05) is 0 Å². The molecule has 0 aromatic carbocycles. The molecule has 1 rings (SSSR count). The lowest BCUT2D eigenvalue weighted by molar-refractivity contribution is 0.0696. The molecular weight excluding hydrogens is 266 g/mol. The fourth-order valence-electron chi connectivity index (χ4n) is 1.74. The molecule has 0 spiro atoms. The van der Waals surface area contributed by atoms with Crippen molar-refractivity contribution in [1.82, 2.24) is 4.98 Å². The summed E-state index contributed by atoms with van der Waals surface area (Å²) in [5.74, 6) is -0.256. The Morgan fingerprint density at radius 3 is 2.79 bits per heavy atom. The Morgan fingerprint density at radius 2 is 2.26 bits per heavy atom. The van der Waals surface area contributed by atoms with Gasteiger partial charge in [-0.05, 0) is 18.4 Å². The Kier molecular flexibility index (Phi) is 6.64. The highest BCUT2D eigenvalue weighted by molar-refractivity contribution is 6.32. The maximum atomic E-state index is 10.8. The van der Waals surface area contributed by atoms with E-state index in [1.165, 1.54) is 25.1 Å². The predicted octanol–water partition coefficient (Wildman–Crippen LogP) is 4.03. The van der Waals surface area contributed by atoms with E-state index in [-0.39, 0.29) is 10.6 Å². The summed E-state index contributed by atoms with van der Waals surface area (Å²) >= 11 is 5.95. The van der Waals surface area contributed by atoms with Crippen LogP contribution in [0, 0.1) is 5.92 Å². The highest BCUT2D eigenvalue weighted by Crippen LogP contribution is 2.24. The third-order valence-corrected chi connectivity index (χ3v) is 3.32. The number of carboxylic acids is 1. The lowest BCUT2D eigenvalue weighted by Gasteiger charge is -2.15. The van der Waals surface area contributed by atoms with Crippen LogP contribution in [0.5, 0.6) is 5.88 Å². The third kappa shape index (κ3) is 5.07. The molecule has 19 heavy (non-hydrogen) atoms. The number of rotatable bonds is 8. The SMILES string of the molecule is CCCCC(CC)COc1ncc(C(=O)O)cc1Cl. The van der Waals surface area contributed by atoms with Gasteiger partial charge in [0, 0.05) is 6.20 Å². The third-order valence-electron chi connectivity index (χ3n) is 3.05. The van der Waals surface area contributed by atoms with Crippen LogP contribution in [0.1, 0.15) is 49.9 Å². The van der Waals surface area contributed by atoms with Crippen LogP contribution in [0.2, 0.25) is 5.02 Å². The monoisotopic (exact) mass is 285 g/mol. The number of carboxylic acid groups (broad SMARTS) is 1. The summed E-state index contributed by atoms with van der Waals surface area (Å²) in [6.07, 6.45) is 5.78. The van der Waals surface area contributed by atoms with Crippen molar-refractivity contribution < 1.29 is 14.6 Å². The van der Waals surface area contributed by atoms with Crippen molar-refractivity contribution in [3.05, 3.63) is 22.8 Å². The lowest BCUT2D eigenvalue weighted by atomic mass is 10.0. The van der Waals surface area contributed by atoms with Gasteiger partial charge in [0.05, 0.1) is 12.2 Å². The molecule has 1 aromatic heterocycles. The summed E-state index contributed by atoms with van der Waals surface area (Å²) in [5, 5.41) is 9.05. The summed E-state index contributed by atoms with van der Waals surface area (Å²) in [5.41, 5.74) is 0.0652. The smallest absolute Gasteiger partial charge is 0.337 e. The Hall–Kier alpha value is -1.29. The van der Waals surface area contributed by atoms with Crippen molar-refractivity contribution >= 4 is 17.6 Å². The number of ether oxygens (including phenoxy) is 1. The van der Waals surface area contributed by atoms with Crippen molar-refractivity contribution in [2.75, 3.05) is 6.61 Å². The van der Waals surface area contributed by atoms with Crippen LogP contribution in [0.25, 0.3) is 0 Å². The first-order chi connectivity index (χ1) is 9.08. The maximum Gasteiger partial charge on any atom is 0.337 e.